The molecule has 0 saturated carbocycles. The van der Waals surface area contributed by atoms with Gasteiger partial charge in [0.2, 0.25) is 0 Å². The fourth-order valence-corrected chi connectivity index (χ4v) is 2.79. The molecule has 4 nitrogen and oxygen atoms in total. The van der Waals surface area contributed by atoms with E-state index < -0.39 is 6.10 Å². The normalized spacial score (nSPS) is 12.5. The molecule has 2 rings (SSSR count). The van der Waals surface area contributed by atoms with Crippen LogP contribution >= 0.6 is 27.5 Å². The standard InChI is InChI=1S/C15H18BrClN2O2/c1-4-12-15(17)13(19(3)18-12)8-21-14-7-10(16)5-6-11(14)9(2)20/h5-7,9,20H,4,8H2,1-3H3/t9-/m1/s1. The van der Waals surface area contributed by atoms with E-state index in [9.17, 15) is 5.11 Å². The molecule has 2 aromatic rings. The zero-order chi connectivity index (χ0) is 15.6. The van der Waals surface area contributed by atoms with Crippen molar-refractivity contribution in [1.82, 2.24) is 9.78 Å². The van der Waals surface area contributed by atoms with Crippen LogP contribution in [0.4, 0.5) is 0 Å². The molecule has 0 aliphatic rings. The number of benzene rings is 1. The fraction of sp³-hybridized carbons (Fsp3) is 0.400. The second kappa shape index (κ2) is 6.81. The predicted octanol–water partition coefficient (Wildman–Crippen LogP) is 4.03. The number of halogens is 2. The van der Waals surface area contributed by atoms with E-state index in [1.807, 2.05) is 32.2 Å². The van der Waals surface area contributed by atoms with Crippen molar-refractivity contribution in [2.24, 2.45) is 7.05 Å². The van der Waals surface area contributed by atoms with Gasteiger partial charge in [-0.25, -0.2) is 0 Å². The maximum atomic E-state index is 9.81. The summed E-state index contributed by atoms with van der Waals surface area (Å²) in [6.45, 7) is 4.03. The number of aliphatic hydroxyl groups is 1. The van der Waals surface area contributed by atoms with Crippen molar-refractivity contribution in [3.63, 3.8) is 0 Å². The monoisotopic (exact) mass is 372 g/mol. The summed E-state index contributed by atoms with van der Waals surface area (Å²) >= 11 is 9.72. The third kappa shape index (κ3) is 3.59. The summed E-state index contributed by atoms with van der Waals surface area (Å²) in [4.78, 5) is 0. The van der Waals surface area contributed by atoms with Gasteiger partial charge in [-0.3, -0.25) is 4.68 Å². The van der Waals surface area contributed by atoms with Gasteiger partial charge in [0, 0.05) is 17.1 Å². The van der Waals surface area contributed by atoms with Gasteiger partial charge in [0.15, 0.2) is 0 Å². The van der Waals surface area contributed by atoms with Gasteiger partial charge in [-0.15, -0.1) is 0 Å². The molecule has 1 heterocycles. The van der Waals surface area contributed by atoms with E-state index in [1.54, 1.807) is 11.6 Å². The molecule has 114 valence electrons. The van der Waals surface area contributed by atoms with Crippen molar-refractivity contribution in [2.75, 3.05) is 0 Å². The number of ether oxygens (including phenoxy) is 1. The summed E-state index contributed by atoms with van der Waals surface area (Å²) in [5.41, 5.74) is 2.43. The van der Waals surface area contributed by atoms with Crippen molar-refractivity contribution in [3.05, 3.63) is 44.6 Å². The Morgan fingerprint density at radius 1 is 1.48 bits per heavy atom. The number of aliphatic hydroxyl groups excluding tert-OH is 1. The highest BCUT2D eigenvalue weighted by Gasteiger charge is 2.15. The highest BCUT2D eigenvalue weighted by Crippen LogP contribution is 2.30. The first-order valence-electron chi connectivity index (χ1n) is 6.74. The summed E-state index contributed by atoms with van der Waals surface area (Å²) in [6, 6.07) is 5.56. The first-order chi connectivity index (χ1) is 9.93. The van der Waals surface area contributed by atoms with Gasteiger partial charge in [0.25, 0.3) is 0 Å². The summed E-state index contributed by atoms with van der Waals surface area (Å²) in [7, 11) is 1.85. The molecular formula is C15H18BrClN2O2. The number of aryl methyl sites for hydroxylation is 2. The minimum Gasteiger partial charge on any atom is -0.487 e. The lowest BCUT2D eigenvalue weighted by Gasteiger charge is -2.14. The molecule has 1 N–H and O–H groups in total. The molecule has 1 aromatic carbocycles. The molecule has 0 bridgehead atoms. The largest absolute Gasteiger partial charge is 0.487 e. The second-order valence-electron chi connectivity index (χ2n) is 4.83. The van der Waals surface area contributed by atoms with Crippen molar-refractivity contribution >= 4 is 27.5 Å². The molecule has 6 heteroatoms. The van der Waals surface area contributed by atoms with Gasteiger partial charge in [0.1, 0.15) is 12.4 Å². The quantitative estimate of drug-likeness (QED) is 0.860. The Hall–Kier alpha value is -1.04. The van der Waals surface area contributed by atoms with Crippen molar-refractivity contribution in [1.29, 1.82) is 0 Å². The third-order valence-electron chi connectivity index (χ3n) is 3.29. The molecule has 0 amide bonds. The van der Waals surface area contributed by atoms with Gasteiger partial charge in [0.05, 0.1) is 22.5 Å². The van der Waals surface area contributed by atoms with Gasteiger partial charge < -0.3 is 9.84 Å². The maximum Gasteiger partial charge on any atom is 0.131 e. The van der Waals surface area contributed by atoms with E-state index >= 15 is 0 Å². The summed E-state index contributed by atoms with van der Waals surface area (Å²) < 4.78 is 8.48. The second-order valence-corrected chi connectivity index (χ2v) is 6.12. The Bertz CT molecular complexity index is 641. The molecule has 0 saturated heterocycles. The van der Waals surface area contributed by atoms with E-state index in [2.05, 4.69) is 21.0 Å². The van der Waals surface area contributed by atoms with Crippen LogP contribution in [0.1, 0.15) is 36.9 Å². The average Bonchev–Trinajstić information content (AvgIpc) is 2.71. The molecule has 0 spiro atoms. The van der Waals surface area contributed by atoms with Crippen LogP contribution < -0.4 is 4.74 Å². The number of hydrogen-bond acceptors (Lipinski definition) is 3. The van der Waals surface area contributed by atoms with Crippen LogP contribution in [-0.2, 0) is 20.1 Å². The van der Waals surface area contributed by atoms with E-state index in [-0.39, 0.29) is 0 Å². The summed E-state index contributed by atoms with van der Waals surface area (Å²) in [5, 5.41) is 14.8. The summed E-state index contributed by atoms with van der Waals surface area (Å²) in [6.07, 6.45) is 0.184. The van der Waals surface area contributed by atoms with Crippen LogP contribution in [-0.4, -0.2) is 14.9 Å². The molecule has 1 aromatic heterocycles. The molecule has 0 fully saturated rings. The van der Waals surface area contributed by atoms with Crippen LogP contribution in [0.25, 0.3) is 0 Å². The van der Waals surface area contributed by atoms with E-state index in [1.165, 1.54) is 0 Å². The Kier molecular flexibility index (Phi) is 5.30. The summed E-state index contributed by atoms with van der Waals surface area (Å²) in [5.74, 6) is 0.634. The van der Waals surface area contributed by atoms with Gasteiger partial charge in [-0.2, -0.15) is 5.10 Å². The minimum absolute atomic E-state index is 0.304. The maximum absolute atomic E-state index is 9.81. The average molecular weight is 374 g/mol. The van der Waals surface area contributed by atoms with Crippen molar-refractivity contribution < 1.29 is 9.84 Å². The van der Waals surface area contributed by atoms with Gasteiger partial charge >= 0.3 is 0 Å². The number of nitrogens with zero attached hydrogens (tertiary/aromatic N) is 2. The molecule has 0 aliphatic heterocycles. The Balaban J connectivity index is 2.24. The lowest BCUT2D eigenvalue weighted by molar-refractivity contribution is 0.189. The smallest absolute Gasteiger partial charge is 0.131 e. The fourth-order valence-electron chi connectivity index (χ4n) is 2.10. The third-order valence-corrected chi connectivity index (χ3v) is 4.22. The zero-order valence-electron chi connectivity index (χ0n) is 12.2. The molecule has 0 radical (unpaired) electrons. The first-order valence-corrected chi connectivity index (χ1v) is 7.91. The predicted molar refractivity (Wildman–Crippen MR) is 86.7 cm³/mol. The highest BCUT2D eigenvalue weighted by atomic mass is 79.9. The van der Waals surface area contributed by atoms with E-state index in [0.717, 1.165) is 27.8 Å². The first kappa shape index (κ1) is 16.3. The Morgan fingerprint density at radius 3 is 2.76 bits per heavy atom. The molecule has 0 aliphatic carbocycles. The van der Waals surface area contributed by atoms with Crippen molar-refractivity contribution in [3.8, 4) is 5.75 Å². The molecule has 21 heavy (non-hydrogen) atoms. The lowest BCUT2D eigenvalue weighted by Crippen LogP contribution is -2.05. The van der Waals surface area contributed by atoms with Crippen LogP contribution in [0.2, 0.25) is 5.02 Å². The number of rotatable bonds is 5. The van der Waals surface area contributed by atoms with Crippen LogP contribution in [0, 0.1) is 0 Å². The highest BCUT2D eigenvalue weighted by molar-refractivity contribution is 9.10. The molecular weight excluding hydrogens is 356 g/mol. The number of hydrogen-bond donors (Lipinski definition) is 1. The van der Waals surface area contributed by atoms with Crippen LogP contribution in [0.15, 0.2) is 22.7 Å². The van der Waals surface area contributed by atoms with Gasteiger partial charge in [-0.1, -0.05) is 40.5 Å². The molecule has 0 unspecified atom stereocenters. The van der Waals surface area contributed by atoms with Crippen LogP contribution in [0.5, 0.6) is 5.75 Å². The Morgan fingerprint density at radius 2 is 2.19 bits per heavy atom. The van der Waals surface area contributed by atoms with E-state index in [4.69, 9.17) is 16.3 Å². The SMILES string of the molecule is CCc1nn(C)c(COc2cc(Br)ccc2[C@@H](C)O)c1Cl. The van der Waals surface area contributed by atoms with Crippen LogP contribution in [0.3, 0.4) is 0 Å². The van der Waals surface area contributed by atoms with E-state index in [0.29, 0.717) is 17.4 Å². The number of aromatic nitrogens is 2. The minimum atomic E-state index is -0.596. The topological polar surface area (TPSA) is 47.3 Å². The lowest BCUT2D eigenvalue weighted by atomic mass is 10.1. The molecule has 1 atom stereocenters. The van der Waals surface area contributed by atoms with Crippen molar-refractivity contribution in [2.45, 2.75) is 33.0 Å². The zero-order valence-corrected chi connectivity index (χ0v) is 14.6. The van der Waals surface area contributed by atoms with Gasteiger partial charge in [-0.05, 0) is 25.5 Å². The Labute approximate surface area is 137 Å².